The van der Waals surface area contributed by atoms with E-state index in [0.717, 1.165) is 18.9 Å². The first-order valence-corrected chi connectivity index (χ1v) is 8.37. The summed E-state index contributed by atoms with van der Waals surface area (Å²) in [6.45, 7) is 3.41. The number of nitrogens with zero attached hydrogens (tertiary/aromatic N) is 3. The van der Waals surface area contributed by atoms with Gasteiger partial charge < -0.3 is 0 Å². The minimum absolute atomic E-state index is 0.0379. The first kappa shape index (κ1) is 16.4. The van der Waals surface area contributed by atoms with Crippen LogP contribution in [0.15, 0.2) is 17.0 Å². The Balaban J connectivity index is 2.52. The second kappa shape index (κ2) is 6.02. The summed E-state index contributed by atoms with van der Waals surface area (Å²) in [5.41, 5.74) is 0.828. The van der Waals surface area contributed by atoms with E-state index < -0.39 is 14.9 Å². The number of nitriles is 1. The van der Waals surface area contributed by atoms with Crippen LogP contribution in [0, 0.1) is 35.3 Å². The van der Waals surface area contributed by atoms with Crippen molar-refractivity contribution in [2.75, 3.05) is 6.54 Å². The minimum atomic E-state index is -3.84. The quantitative estimate of drug-likeness (QED) is 0.590. The number of rotatable bonds is 6. The van der Waals surface area contributed by atoms with Crippen molar-refractivity contribution < 1.29 is 13.3 Å². The average Bonchev–Trinajstić information content (AvgIpc) is 3.26. The second-order valence-electron chi connectivity index (χ2n) is 5.40. The zero-order valence-electron chi connectivity index (χ0n) is 12.4. The van der Waals surface area contributed by atoms with Gasteiger partial charge in [-0.1, -0.05) is 0 Å². The summed E-state index contributed by atoms with van der Waals surface area (Å²) >= 11 is 0. The lowest BCUT2D eigenvalue weighted by Gasteiger charge is -2.22. The summed E-state index contributed by atoms with van der Waals surface area (Å²) in [7, 11) is -3.84. The molecule has 1 fully saturated rings. The standard InChI is InChI=1S/C14H17N3O4S/c1-10-8-13(17(18)19)9-14(11(10)2)22(20,21)16(7-3-6-15)12-4-5-12/h8-9,12H,3-5,7H2,1-2H3. The van der Waals surface area contributed by atoms with E-state index in [1.165, 1.54) is 10.4 Å². The molecular weight excluding hydrogens is 306 g/mol. The fourth-order valence-electron chi connectivity index (χ4n) is 2.33. The van der Waals surface area contributed by atoms with Crippen LogP contribution >= 0.6 is 0 Å². The Morgan fingerprint density at radius 3 is 2.55 bits per heavy atom. The van der Waals surface area contributed by atoms with Gasteiger partial charge in [-0.25, -0.2) is 8.42 Å². The van der Waals surface area contributed by atoms with Crippen LogP contribution in [0.4, 0.5) is 5.69 Å². The molecule has 0 bridgehead atoms. The molecule has 118 valence electrons. The van der Waals surface area contributed by atoms with E-state index in [0.29, 0.717) is 11.1 Å². The zero-order valence-corrected chi connectivity index (χ0v) is 13.3. The van der Waals surface area contributed by atoms with Crippen molar-refractivity contribution in [3.8, 4) is 6.07 Å². The summed E-state index contributed by atoms with van der Waals surface area (Å²) in [6, 6.07) is 4.32. The van der Waals surface area contributed by atoms with E-state index in [-0.39, 0.29) is 29.6 Å². The molecule has 22 heavy (non-hydrogen) atoms. The molecule has 0 heterocycles. The van der Waals surface area contributed by atoms with Crippen LogP contribution in [0.5, 0.6) is 0 Å². The van der Waals surface area contributed by atoms with Crippen LogP contribution in [-0.4, -0.2) is 30.2 Å². The van der Waals surface area contributed by atoms with E-state index in [1.807, 2.05) is 6.07 Å². The van der Waals surface area contributed by atoms with Crippen LogP contribution in [0.3, 0.4) is 0 Å². The maximum absolute atomic E-state index is 12.9. The molecule has 1 aromatic carbocycles. The number of sulfonamides is 1. The van der Waals surface area contributed by atoms with Crippen LogP contribution in [0.2, 0.25) is 0 Å². The van der Waals surface area contributed by atoms with Gasteiger partial charge in [0.15, 0.2) is 0 Å². The van der Waals surface area contributed by atoms with Crippen LogP contribution < -0.4 is 0 Å². The Hall–Kier alpha value is -1.98. The fraction of sp³-hybridized carbons (Fsp3) is 0.500. The van der Waals surface area contributed by atoms with E-state index in [2.05, 4.69) is 0 Å². The Morgan fingerprint density at radius 1 is 1.41 bits per heavy atom. The number of nitro groups is 1. The summed E-state index contributed by atoms with van der Waals surface area (Å²) in [5, 5.41) is 19.7. The number of nitro benzene ring substituents is 1. The highest BCUT2D eigenvalue weighted by Crippen LogP contribution is 2.35. The maximum atomic E-state index is 12.9. The predicted molar refractivity (Wildman–Crippen MR) is 79.7 cm³/mol. The van der Waals surface area contributed by atoms with Gasteiger partial charge in [0.2, 0.25) is 10.0 Å². The van der Waals surface area contributed by atoms with Crippen LogP contribution in [0.1, 0.15) is 30.4 Å². The van der Waals surface area contributed by atoms with Crippen LogP contribution in [-0.2, 0) is 10.0 Å². The summed E-state index contributed by atoms with van der Waals surface area (Å²) in [4.78, 5) is 10.4. The normalized spacial score (nSPS) is 14.8. The minimum Gasteiger partial charge on any atom is -0.258 e. The molecule has 2 rings (SSSR count). The van der Waals surface area contributed by atoms with Gasteiger partial charge in [0.1, 0.15) is 0 Å². The fourth-order valence-corrected chi connectivity index (χ4v) is 4.34. The molecule has 1 aromatic rings. The smallest absolute Gasteiger partial charge is 0.258 e. The molecule has 1 saturated carbocycles. The average molecular weight is 323 g/mol. The van der Waals surface area contributed by atoms with Crippen molar-refractivity contribution in [3.05, 3.63) is 33.4 Å². The van der Waals surface area contributed by atoms with E-state index in [4.69, 9.17) is 5.26 Å². The first-order valence-electron chi connectivity index (χ1n) is 6.93. The second-order valence-corrected chi connectivity index (χ2v) is 7.26. The number of non-ortho nitro benzene ring substituents is 1. The summed E-state index contributed by atoms with van der Waals surface area (Å²) in [5.74, 6) is 0. The topological polar surface area (TPSA) is 104 Å². The molecule has 0 radical (unpaired) electrons. The third kappa shape index (κ3) is 3.10. The largest absolute Gasteiger partial charge is 0.271 e. The van der Waals surface area contributed by atoms with Gasteiger partial charge in [-0.2, -0.15) is 9.57 Å². The Kier molecular flexibility index (Phi) is 4.49. The third-order valence-electron chi connectivity index (χ3n) is 3.80. The third-order valence-corrected chi connectivity index (χ3v) is 5.88. The predicted octanol–water partition coefficient (Wildman–Crippen LogP) is 2.28. The highest BCUT2D eigenvalue weighted by molar-refractivity contribution is 7.89. The maximum Gasteiger partial charge on any atom is 0.271 e. The molecule has 0 aliphatic heterocycles. The van der Waals surface area contributed by atoms with Gasteiger partial charge in [0.05, 0.1) is 15.9 Å². The molecule has 0 N–H and O–H groups in total. The summed E-state index contributed by atoms with van der Waals surface area (Å²) < 4.78 is 27.0. The van der Waals surface area contributed by atoms with Crippen molar-refractivity contribution in [2.24, 2.45) is 0 Å². The van der Waals surface area contributed by atoms with Gasteiger partial charge in [-0.3, -0.25) is 10.1 Å². The molecule has 1 aliphatic rings. The highest BCUT2D eigenvalue weighted by atomic mass is 32.2. The lowest BCUT2D eigenvalue weighted by molar-refractivity contribution is -0.385. The molecule has 8 heteroatoms. The molecule has 7 nitrogen and oxygen atoms in total. The van der Waals surface area contributed by atoms with E-state index in [9.17, 15) is 18.5 Å². The van der Waals surface area contributed by atoms with Crippen molar-refractivity contribution >= 4 is 15.7 Å². The van der Waals surface area contributed by atoms with Gasteiger partial charge in [-0.15, -0.1) is 0 Å². The lowest BCUT2D eigenvalue weighted by atomic mass is 10.1. The van der Waals surface area contributed by atoms with Crippen molar-refractivity contribution in [2.45, 2.75) is 44.0 Å². The molecule has 0 amide bonds. The van der Waals surface area contributed by atoms with Crippen molar-refractivity contribution in [1.29, 1.82) is 5.26 Å². The van der Waals surface area contributed by atoms with Gasteiger partial charge in [0, 0.05) is 31.1 Å². The molecule has 0 atom stereocenters. The summed E-state index contributed by atoms with van der Waals surface area (Å²) in [6.07, 6.45) is 1.62. The molecule has 0 aromatic heterocycles. The molecular formula is C14H17N3O4S. The van der Waals surface area contributed by atoms with Crippen LogP contribution in [0.25, 0.3) is 0 Å². The molecule has 0 spiro atoms. The van der Waals surface area contributed by atoms with Gasteiger partial charge in [-0.05, 0) is 37.8 Å². The SMILES string of the molecule is Cc1cc([N+](=O)[O-])cc(S(=O)(=O)N(CCC#N)C2CC2)c1C. The highest BCUT2D eigenvalue weighted by Gasteiger charge is 2.39. The van der Waals surface area contributed by atoms with Gasteiger partial charge >= 0.3 is 0 Å². The number of hydrogen-bond donors (Lipinski definition) is 0. The van der Waals surface area contributed by atoms with E-state index >= 15 is 0 Å². The molecule has 0 unspecified atom stereocenters. The van der Waals surface area contributed by atoms with Crippen molar-refractivity contribution in [3.63, 3.8) is 0 Å². The Bertz CT molecular complexity index is 748. The molecule has 0 saturated heterocycles. The van der Waals surface area contributed by atoms with Crippen molar-refractivity contribution in [1.82, 2.24) is 4.31 Å². The first-order chi connectivity index (χ1) is 10.3. The van der Waals surface area contributed by atoms with Gasteiger partial charge in [0.25, 0.3) is 5.69 Å². The monoisotopic (exact) mass is 323 g/mol. The zero-order chi connectivity index (χ0) is 16.5. The number of hydrogen-bond acceptors (Lipinski definition) is 5. The Labute approximate surface area is 129 Å². The number of aryl methyl sites for hydroxylation is 1. The number of benzene rings is 1. The molecule has 1 aliphatic carbocycles. The Morgan fingerprint density at radius 2 is 2.05 bits per heavy atom. The van der Waals surface area contributed by atoms with E-state index in [1.54, 1.807) is 13.8 Å². The lowest BCUT2D eigenvalue weighted by Crippen LogP contribution is -2.34.